The number of hydrogen-bond donors (Lipinski definition) is 0. The summed E-state index contributed by atoms with van der Waals surface area (Å²) in [6.45, 7) is 5.41. The van der Waals surface area contributed by atoms with E-state index in [0.29, 0.717) is 16.7 Å². The van der Waals surface area contributed by atoms with Gasteiger partial charge in [0.1, 0.15) is 0 Å². The van der Waals surface area contributed by atoms with Gasteiger partial charge < -0.3 is 4.90 Å². The van der Waals surface area contributed by atoms with Crippen LogP contribution in [0.4, 0.5) is 13.2 Å². The van der Waals surface area contributed by atoms with E-state index in [9.17, 15) is 22.8 Å². The van der Waals surface area contributed by atoms with Gasteiger partial charge in [-0.05, 0) is 50.6 Å². The van der Waals surface area contributed by atoms with Gasteiger partial charge in [0.05, 0.1) is 11.3 Å². The SMILES string of the molecule is CC(C)(C)N(C(=O)c1ccccc1)/C(=C\C(=O)c1ccccc1)c1ccc(C(F)(F)F)cc1. The van der Waals surface area contributed by atoms with Crippen molar-refractivity contribution < 1.29 is 22.8 Å². The van der Waals surface area contributed by atoms with E-state index in [2.05, 4.69) is 0 Å². The van der Waals surface area contributed by atoms with Crippen LogP contribution in [0.5, 0.6) is 0 Å². The maximum atomic E-state index is 13.5. The average molecular weight is 451 g/mol. The van der Waals surface area contributed by atoms with Gasteiger partial charge in [-0.3, -0.25) is 9.59 Å². The molecule has 0 heterocycles. The van der Waals surface area contributed by atoms with Crippen LogP contribution in [0.1, 0.15) is 52.6 Å². The van der Waals surface area contributed by atoms with Crippen LogP contribution in [0.2, 0.25) is 0 Å². The van der Waals surface area contributed by atoms with E-state index in [-0.39, 0.29) is 17.4 Å². The second kappa shape index (κ2) is 9.45. The minimum atomic E-state index is -4.49. The summed E-state index contributed by atoms with van der Waals surface area (Å²) in [7, 11) is 0. The van der Waals surface area contributed by atoms with Crippen LogP contribution >= 0.6 is 0 Å². The van der Waals surface area contributed by atoms with E-state index in [4.69, 9.17) is 0 Å². The molecule has 0 radical (unpaired) electrons. The van der Waals surface area contributed by atoms with Gasteiger partial charge in [-0.2, -0.15) is 13.2 Å². The van der Waals surface area contributed by atoms with E-state index < -0.39 is 17.3 Å². The van der Waals surface area contributed by atoms with Crippen LogP contribution < -0.4 is 0 Å². The quantitative estimate of drug-likeness (QED) is 0.314. The van der Waals surface area contributed by atoms with Crippen molar-refractivity contribution in [1.82, 2.24) is 4.90 Å². The molecule has 0 unspecified atom stereocenters. The first-order chi connectivity index (χ1) is 15.5. The van der Waals surface area contributed by atoms with Gasteiger partial charge in [0.15, 0.2) is 5.78 Å². The van der Waals surface area contributed by atoms with Crippen molar-refractivity contribution in [2.24, 2.45) is 0 Å². The molecule has 3 rings (SSSR count). The lowest BCUT2D eigenvalue weighted by atomic mass is 9.97. The molecule has 0 saturated heterocycles. The highest BCUT2D eigenvalue weighted by molar-refractivity contribution is 6.10. The fourth-order valence-corrected chi connectivity index (χ4v) is 3.40. The maximum absolute atomic E-state index is 13.5. The number of benzene rings is 3. The zero-order valence-electron chi connectivity index (χ0n) is 18.6. The number of rotatable bonds is 5. The van der Waals surface area contributed by atoms with Crippen LogP contribution in [-0.2, 0) is 6.18 Å². The normalized spacial score (nSPS) is 12.4. The monoisotopic (exact) mass is 451 g/mol. The van der Waals surface area contributed by atoms with Crippen LogP contribution in [0.15, 0.2) is 91.0 Å². The molecule has 3 aromatic carbocycles. The highest BCUT2D eigenvalue weighted by atomic mass is 19.4. The summed E-state index contributed by atoms with van der Waals surface area (Å²) in [5.41, 5.74) is -0.235. The number of halogens is 3. The summed E-state index contributed by atoms with van der Waals surface area (Å²) >= 11 is 0. The van der Waals surface area contributed by atoms with E-state index >= 15 is 0 Å². The van der Waals surface area contributed by atoms with E-state index in [1.54, 1.807) is 81.4 Å². The standard InChI is InChI=1S/C27H24F3NO2/c1-26(2,3)31(25(33)21-12-8-5-9-13-21)23(18-24(32)20-10-6-4-7-11-20)19-14-16-22(17-15-19)27(28,29)30/h4-18H,1-3H3/b23-18-. The van der Waals surface area contributed by atoms with Gasteiger partial charge in [0.2, 0.25) is 0 Å². The second-order valence-corrected chi connectivity index (χ2v) is 8.51. The molecule has 0 atom stereocenters. The molecular weight excluding hydrogens is 427 g/mol. The van der Waals surface area contributed by atoms with Gasteiger partial charge in [-0.1, -0.05) is 60.7 Å². The van der Waals surface area contributed by atoms with E-state index in [1.165, 1.54) is 23.1 Å². The summed E-state index contributed by atoms with van der Waals surface area (Å²) in [5, 5.41) is 0. The third-order valence-electron chi connectivity index (χ3n) is 4.97. The smallest absolute Gasteiger partial charge is 0.302 e. The number of allylic oxidation sites excluding steroid dienone is 1. The fraction of sp³-hybridized carbons (Fsp3) is 0.185. The first-order valence-electron chi connectivity index (χ1n) is 10.4. The van der Waals surface area contributed by atoms with E-state index in [0.717, 1.165) is 12.1 Å². The molecule has 6 heteroatoms. The molecule has 0 aromatic heterocycles. The Morgan fingerprint density at radius 1 is 0.697 bits per heavy atom. The molecule has 3 aromatic rings. The van der Waals surface area contributed by atoms with Crippen molar-refractivity contribution in [2.75, 3.05) is 0 Å². The molecule has 0 saturated carbocycles. The first kappa shape index (κ1) is 24.0. The third kappa shape index (κ3) is 5.77. The van der Waals surface area contributed by atoms with Gasteiger partial charge >= 0.3 is 6.18 Å². The number of nitrogens with zero attached hydrogens (tertiary/aromatic N) is 1. The number of hydrogen-bond acceptors (Lipinski definition) is 2. The van der Waals surface area contributed by atoms with Crippen LogP contribution in [0.3, 0.4) is 0 Å². The van der Waals surface area contributed by atoms with Crippen LogP contribution in [0.25, 0.3) is 5.70 Å². The Morgan fingerprint density at radius 2 is 1.18 bits per heavy atom. The highest BCUT2D eigenvalue weighted by Crippen LogP contribution is 2.33. The Morgan fingerprint density at radius 3 is 1.64 bits per heavy atom. The summed E-state index contributed by atoms with van der Waals surface area (Å²) in [5.74, 6) is -0.726. The molecule has 0 aliphatic heterocycles. The number of ketones is 1. The molecule has 1 amide bonds. The summed E-state index contributed by atoms with van der Waals surface area (Å²) in [6.07, 6.45) is -3.18. The topological polar surface area (TPSA) is 37.4 Å². The van der Waals surface area contributed by atoms with Crippen molar-refractivity contribution in [3.63, 3.8) is 0 Å². The predicted octanol–water partition coefficient (Wildman–Crippen LogP) is 6.87. The second-order valence-electron chi connectivity index (χ2n) is 8.51. The minimum absolute atomic E-state index is 0.221. The number of alkyl halides is 3. The highest BCUT2D eigenvalue weighted by Gasteiger charge is 2.33. The number of carbonyl (C=O) groups excluding carboxylic acids is 2. The average Bonchev–Trinajstić information content (AvgIpc) is 2.78. The Kier molecular flexibility index (Phi) is 6.86. The summed E-state index contributed by atoms with van der Waals surface area (Å²) < 4.78 is 39.3. The molecule has 0 fully saturated rings. The number of amides is 1. The molecule has 3 nitrogen and oxygen atoms in total. The van der Waals surface area contributed by atoms with Crippen molar-refractivity contribution in [3.05, 3.63) is 113 Å². The van der Waals surface area contributed by atoms with Crippen molar-refractivity contribution in [2.45, 2.75) is 32.5 Å². The number of carbonyl (C=O) groups is 2. The third-order valence-corrected chi connectivity index (χ3v) is 4.97. The van der Waals surface area contributed by atoms with Gasteiger partial charge in [0, 0.05) is 22.7 Å². The molecule has 170 valence electrons. The van der Waals surface area contributed by atoms with Crippen molar-refractivity contribution in [1.29, 1.82) is 0 Å². The largest absolute Gasteiger partial charge is 0.416 e. The minimum Gasteiger partial charge on any atom is -0.302 e. The lowest BCUT2D eigenvalue weighted by Gasteiger charge is -2.38. The molecule has 0 aliphatic rings. The Labute approximate surface area is 191 Å². The molecule has 0 bridgehead atoms. The van der Waals surface area contributed by atoms with Gasteiger partial charge in [0.25, 0.3) is 5.91 Å². The lowest BCUT2D eigenvalue weighted by molar-refractivity contribution is -0.137. The van der Waals surface area contributed by atoms with Crippen molar-refractivity contribution >= 4 is 17.4 Å². The Bertz CT molecular complexity index is 1140. The zero-order valence-corrected chi connectivity index (χ0v) is 18.6. The first-order valence-corrected chi connectivity index (χ1v) is 10.4. The van der Waals surface area contributed by atoms with Crippen LogP contribution in [0, 0.1) is 0 Å². The zero-order chi connectivity index (χ0) is 24.2. The summed E-state index contributed by atoms with van der Waals surface area (Å²) in [4.78, 5) is 28.0. The van der Waals surface area contributed by atoms with Gasteiger partial charge in [-0.25, -0.2) is 0 Å². The molecule has 33 heavy (non-hydrogen) atoms. The molecular formula is C27H24F3NO2. The van der Waals surface area contributed by atoms with Crippen molar-refractivity contribution in [3.8, 4) is 0 Å². The predicted molar refractivity (Wildman–Crippen MR) is 123 cm³/mol. The van der Waals surface area contributed by atoms with Crippen LogP contribution in [-0.4, -0.2) is 22.1 Å². The molecule has 0 N–H and O–H groups in total. The van der Waals surface area contributed by atoms with E-state index in [1.807, 2.05) is 0 Å². The Hall–Kier alpha value is -3.67. The Balaban J connectivity index is 2.18. The summed E-state index contributed by atoms with van der Waals surface area (Å²) in [6, 6.07) is 21.5. The van der Waals surface area contributed by atoms with Gasteiger partial charge in [-0.15, -0.1) is 0 Å². The fourth-order valence-electron chi connectivity index (χ4n) is 3.40. The molecule has 0 aliphatic carbocycles. The lowest BCUT2D eigenvalue weighted by Crippen LogP contribution is -2.44. The maximum Gasteiger partial charge on any atom is 0.416 e. The molecule has 0 spiro atoms.